The van der Waals surface area contributed by atoms with Crippen LogP contribution in [0.4, 0.5) is 10.2 Å². The molecule has 2 aromatic heterocycles. The number of aliphatic hydroxyl groups is 2. The third-order valence-electron chi connectivity index (χ3n) is 3.20. The summed E-state index contributed by atoms with van der Waals surface area (Å²) in [6, 6.07) is 0. The number of halogens is 2. The number of aliphatic hydroxyl groups excluding tert-OH is 2. The highest BCUT2D eigenvalue weighted by molar-refractivity contribution is 9.10. The van der Waals surface area contributed by atoms with Crippen LogP contribution in [0.2, 0.25) is 0 Å². The van der Waals surface area contributed by atoms with Crippen molar-refractivity contribution in [2.45, 2.75) is 23.0 Å². The van der Waals surface area contributed by atoms with Gasteiger partial charge in [-0.15, -0.1) is 0 Å². The number of nitrogens with two attached hydrogens (primary N) is 1. The molecule has 8 nitrogen and oxygen atoms in total. The lowest BCUT2D eigenvalue weighted by Gasteiger charge is -2.22. The zero-order chi connectivity index (χ0) is 14.5. The molecular formula is C10H11BrFN5O3. The van der Waals surface area contributed by atoms with Crippen molar-refractivity contribution in [1.82, 2.24) is 19.5 Å². The van der Waals surface area contributed by atoms with Crippen molar-refractivity contribution >= 4 is 32.9 Å². The second-order valence-electron chi connectivity index (χ2n) is 4.41. The maximum atomic E-state index is 14.6. The highest BCUT2D eigenvalue weighted by atomic mass is 79.9. The fourth-order valence-corrected chi connectivity index (χ4v) is 2.78. The first-order valence-electron chi connectivity index (χ1n) is 5.72. The van der Waals surface area contributed by atoms with Gasteiger partial charge < -0.3 is 20.7 Å². The van der Waals surface area contributed by atoms with Crippen LogP contribution in [0, 0.1) is 0 Å². The molecule has 108 valence electrons. The summed E-state index contributed by atoms with van der Waals surface area (Å²) in [7, 11) is 0. The number of imidazole rings is 1. The quantitative estimate of drug-likeness (QED) is 0.639. The topological polar surface area (TPSA) is 119 Å². The molecule has 1 saturated heterocycles. The minimum atomic E-state index is -2.28. The maximum absolute atomic E-state index is 14.6. The predicted octanol–water partition coefficient (Wildman–Crippen LogP) is -0.280. The number of alkyl halides is 2. The van der Waals surface area contributed by atoms with Crippen LogP contribution in [-0.4, -0.2) is 53.1 Å². The van der Waals surface area contributed by atoms with Crippen molar-refractivity contribution in [3.05, 3.63) is 12.7 Å². The zero-order valence-corrected chi connectivity index (χ0v) is 11.6. The van der Waals surface area contributed by atoms with E-state index in [1.54, 1.807) is 0 Å². The molecule has 0 aliphatic carbocycles. The van der Waals surface area contributed by atoms with Crippen LogP contribution in [0.25, 0.3) is 11.2 Å². The molecule has 10 heteroatoms. The molecule has 20 heavy (non-hydrogen) atoms. The molecule has 0 amide bonds. The third-order valence-corrected chi connectivity index (χ3v) is 4.06. The summed E-state index contributed by atoms with van der Waals surface area (Å²) in [6.45, 7) is -0.515. The molecule has 0 spiro atoms. The van der Waals surface area contributed by atoms with E-state index in [-0.39, 0.29) is 11.5 Å². The summed E-state index contributed by atoms with van der Waals surface area (Å²) < 4.78 is 18.9. The lowest BCUT2D eigenvalue weighted by molar-refractivity contribution is -0.0472. The molecule has 1 aliphatic heterocycles. The van der Waals surface area contributed by atoms with Crippen LogP contribution < -0.4 is 5.73 Å². The van der Waals surface area contributed by atoms with Crippen LogP contribution >= 0.6 is 15.9 Å². The monoisotopic (exact) mass is 347 g/mol. The summed E-state index contributed by atoms with van der Waals surface area (Å²) in [5.41, 5.74) is 6.23. The molecule has 4 atom stereocenters. The Morgan fingerprint density at radius 2 is 2.25 bits per heavy atom. The number of nitrogen functional groups attached to an aromatic ring is 1. The molecule has 4 N–H and O–H groups in total. The van der Waals surface area contributed by atoms with Crippen LogP contribution in [0.1, 0.15) is 6.23 Å². The number of aromatic nitrogens is 4. The number of nitrogens with zero attached hydrogens (tertiary/aromatic N) is 4. The lowest BCUT2D eigenvalue weighted by atomic mass is 10.1. The van der Waals surface area contributed by atoms with Crippen LogP contribution in [0.15, 0.2) is 12.7 Å². The number of ether oxygens (including phenoxy) is 1. The number of rotatable bonds is 2. The van der Waals surface area contributed by atoms with Crippen molar-refractivity contribution in [3.8, 4) is 0 Å². The smallest absolute Gasteiger partial charge is 0.237 e. The van der Waals surface area contributed by atoms with Gasteiger partial charge in [0.15, 0.2) is 17.7 Å². The summed E-state index contributed by atoms with van der Waals surface area (Å²) in [5, 5.41) is 18.9. The van der Waals surface area contributed by atoms with Gasteiger partial charge in [0.2, 0.25) is 4.58 Å². The molecule has 3 rings (SSSR count). The molecule has 0 saturated carbocycles. The van der Waals surface area contributed by atoms with E-state index in [4.69, 9.17) is 15.6 Å². The summed E-state index contributed by atoms with van der Waals surface area (Å²) in [6.07, 6.45) is -1.31. The van der Waals surface area contributed by atoms with Crippen molar-refractivity contribution in [1.29, 1.82) is 0 Å². The van der Waals surface area contributed by atoms with Gasteiger partial charge in [0.25, 0.3) is 0 Å². The molecule has 0 unspecified atom stereocenters. The standard InChI is InChI=1S/C10H11BrFN5O3/c11-10(12)6(19)4(1-18)20-9(10)17-3-16-5-7(13)14-2-15-8(5)17/h2-4,6,9,18-19H,1H2,(H2,13,14,15)/t4-,6+,9-,10+/m1/s1. The second-order valence-corrected chi connectivity index (χ2v) is 5.63. The number of hydrogen-bond donors (Lipinski definition) is 3. The molecule has 3 heterocycles. The Morgan fingerprint density at radius 3 is 2.90 bits per heavy atom. The number of hydrogen-bond acceptors (Lipinski definition) is 7. The molecule has 0 bridgehead atoms. The SMILES string of the molecule is Nc1ncnc2c1ncn2[C@@H]1O[C@H](CO)[C@H](O)[C@@]1(F)Br. The van der Waals surface area contributed by atoms with Crippen molar-refractivity contribution in [3.63, 3.8) is 0 Å². The van der Waals surface area contributed by atoms with E-state index in [9.17, 15) is 9.50 Å². The average molecular weight is 348 g/mol. The summed E-state index contributed by atoms with van der Waals surface area (Å²) in [5.74, 6) is 0.157. The average Bonchev–Trinajstić information content (AvgIpc) is 2.92. The van der Waals surface area contributed by atoms with Gasteiger partial charge in [-0.25, -0.2) is 19.3 Å². The van der Waals surface area contributed by atoms with Gasteiger partial charge in [-0.3, -0.25) is 4.57 Å². The van der Waals surface area contributed by atoms with E-state index >= 15 is 0 Å². The van der Waals surface area contributed by atoms with Crippen LogP contribution in [-0.2, 0) is 4.74 Å². The second kappa shape index (κ2) is 4.58. The van der Waals surface area contributed by atoms with Crippen molar-refractivity contribution in [2.24, 2.45) is 0 Å². The first-order chi connectivity index (χ1) is 9.46. The molecule has 1 aliphatic rings. The Labute approximate surface area is 120 Å². The molecule has 0 aromatic carbocycles. The Kier molecular flexibility index (Phi) is 3.12. The Morgan fingerprint density at radius 1 is 1.50 bits per heavy atom. The predicted molar refractivity (Wildman–Crippen MR) is 69.5 cm³/mol. The Bertz CT molecular complexity index is 651. The van der Waals surface area contributed by atoms with Gasteiger partial charge in [0.1, 0.15) is 24.1 Å². The highest BCUT2D eigenvalue weighted by Gasteiger charge is 2.57. The maximum Gasteiger partial charge on any atom is 0.237 e. The first-order valence-corrected chi connectivity index (χ1v) is 6.51. The van der Waals surface area contributed by atoms with E-state index in [1.165, 1.54) is 17.2 Å². The van der Waals surface area contributed by atoms with Crippen LogP contribution in [0.5, 0.6) is 0 Å². The van der Waals surface area contributed by atoms with E-state index in [2.05, 4.69) is 30.9 Å². The highest BCUT2D eigenvalue weighted by Crippen LogP contribution is 2.46. The molecular weight excluding hydrogens is 337 g/mol. The normalized spacial score (nSPS) is 33.9. The fraction of sp³-hybridized carbons (Fsp3) is 0.500. The zero-order valence-electron chi connectivity index (χ0n) is 10.0. The fourth-order valence-electron chi connectivity index (χ4n) is 2.16. The van der Waals surface area contributed by atoms with Gasteiger partial charge in [-0.1, -0.05) is 0 Å². The third kappa shape index (κ3) is 1.79. The Hall–Kier alpha value is -1.36. The van der Waals surface area contributed by atoms with Gasteiger partial charge >= 0.3 is 0 Å². The van der Waals surface area contributed by atoms with Crippen LogP contribution in [0.3, 0.4) is 0 Å². The van der Waals surface area contributed by atoms with E-state index in [0.29, 0.717) is 5.52 Å². The Balaban J connectivity index is 2.10. The van der Waals surface area contributed by atoms with Gasteiger partial charge in [0, 0.05) is 0 Å². The molecule has 1 fully saturated rings. The van der Waals surface area contributed by atoms with E-state index in [0.717, 1.165) is 0 Å². The molecule has 0 radical (unpaired) electrons. The minimum Gasteiger partial charge on any atom is -0.394 e. The molecule has 2 aromatic rings. The van der Waals surface area contributed by atoms with Crippen molar-refractivity contribution in [2.75, 3.05) is 12.3 Å². The van der Waals surface area contributed by atoms with E-state index in [1.807, 2.05) is 0 Å². The van der Waals surface area contributed by atoms with Gasteiger partial charge in [-0.2, -0.15) is 0 Å². The lowest BCUT2D eigenvalue weighted by Crippen LogP contribution is -2.37. The summed E-state index contributed by atoms with van der Waals surface area (Å²) in [4.78, 5) is 11.8. The van der Waals surface area contributed by atoms with Gasteiger partial charge in [-0.05, 0) is 15.9 Å². The summed E-state index contributed by atoms with van der Waals surface area (Å²) >= 11 is 2.81. The van der Waals surface area contributed by atoms with E-state index < -0.39 is 29.6 Å². The first kappa shape index (κ1) is 13.6. The number of anilines is 1. The van der Waals surface area contributed by atoms with Crippen molar-refractivity contribution < 1.29 is 19.3 Å². The largest absolute Gasteiger partial charge is 0.394 e. The number of fused-ring (bicyclic) bond motifs is 1. The minimum absolute atomic E-state index is 0.157. The van der Waals surface area contributed by atoms with Gasteiger partial charge in [0.05, 0.1) is 12.9 Å².